The molecule has 0 saturated heterocycles. The number of carbonyl (C=O) groups excluding carboxylic acids is 1. The molecule has 140 valence electrons. The number of carbonyl (C=O) groups is 1. The SMILES string of the molecule is CC(C)c1noc(COC(=O)c2cccc(OCc3ccc(F)cc3)c2)n1. The molecule has 0 radical (unpaired) electrons. The molecule has 1 aromatic heterocycles. The molecule has 6 nitrogen and oxygen atoms in total. The van der Waals surface area contributed by atoms with Crippen LogP contribution in [0.15, 0.2) is 53.1 Å². The van der Waals surface area contributed by atoms with Crippen LogP contribution in [0.2, 0.25) is 0 Å². The van der Waals surface area contributed by atoms with Crippen LogP contribution in [0.1, 0.15) is 47.4 Å². The second-order valence-electron chi connectivity index (χ2n) is 6.22. The Morgan fingerprint density at radius 3 is 2.63 bits per heavy atom. The molecule has 0 fully saturated rings. The molecular formula is C20H19FN2O4. The van der Waals surface area contributed by atoms with Gasteiger partial charge in [0.1, 0.15) is 18.2 Å². The highest BCUT2D eigenvalue weighted by Crippen LogP contribution is 2.17. The third-order valence-electron chi connectivity index (χ3n) is 3.72. The first-order valence-electron chi connectivity index (χ1n) is 8.48. The van der Waals surface area contributed by atoms with Crippen molar-refractivity contribution in [1.29, 1.82) is 0 Å². The summed E-state index contributed by atoms with van der Waals surface area (Å²) in [6, 6.07) is 12.7. The monoisotopic (exact) mass is 370 g/mol. The van der Waals surface area contributed by atoms with E-state index in [4.69, 9.17) is 14.0 Å². The fourth-order valence-corrected chi connectivity index (χ4v) is 2.23. The molecule has 0 atom stereocenters. The molecule has 3 aromatic rings. The molecule has 0 aliphatic heterocycles. The molecule has 0 spiro atoms. The van der Waals surface area contributed by atoms with Crippen LogP contribution in [-0.2, 0) is 18.0 Å². The van der Waals surface area contributed by atoms with E-state index < -0.39 is 5.97 Å². The number of rotatable bonds is 7. The van der Waals surface area contributed by atoms with E-state index in [-0.39, 0.29) is 30.8 Å². The maximum absolute atomic E-state index is 12.9. The van der Waals surface area contributed by atoms with E-state index in [1.807, 2.05) is 13.8 Å². The summed E-state index contributed by atoms with van der Waals surface area (Å²) in [7, 11) is 0. The first kappa shape index (κ1) is 18.6. The van der Waals surface area contributed by atoms with E-state index in [0.717, 1.165) is 5.56 Å². The molecule has 1 heterocycles. The molecule has 7 heteroatoms. The summed E-state index contributed by atoms with van der Waals surface area (Å²) in [6.45, 7) is 4.05. The van der Waals surface area contributed by atoms with Gasteiger partial charge in [0.2, 0.25) is 0 Å². The molecule has 0 N–H and O–H groups in total. The standard InChI is InChI=1S/C20H19FN2O4/c1-13(2)19-22-18(27-23-19)12-26-20(24)15-4-3-5-17(10-15)25-11-14-6-8-16(21)9-7-14/h3-10,13H,11-12H2,1-2H3. The molecule has 0 aliphatic rings. The Labute approximate surface area is 155 Å². The minimum absolute atomic E-state index is 0.0980. The summed E-state index contributed by atoms with van der Waals surface area (Å²) >= 11 is 0. The Kier molecular flexibility index (Phi) is 5.80. The van der Waals surface area contributed by atoms with Gasteiger partial charge < -0.3 is 14.0 Å². The third-order valence-corrected chi connectivity index (χ3v) is 3.72. The molecular weight excluding hydrogens is 351 g/mol. The molecule has 0 unspecified atom stereocenters. The van der Waals surface area contributed by atoms with Crippen LogP contribution in [0.4, 0.5) is 4.39 Å². The van der Waals surface area contributed by atoms with Gasteiger partial charge in [-0.15, -0.1) is 0 Å². The Morgan fingerprint density at radius 2 is 1.93 bits per heavy atom. The van der Waals surface area contributed by atoms with Crippen LogP contribution in [0.3, 0.4) is 0 Å². The van der Waals surface area contributed by atoms with Gasteiger partial charge in [-0.2, -0.15) is 4.98 Å². The van der Waals surface area contributed by atoms with Crippen LogP contribution in [-0.4, -0.2) is 16.1 Å². The topological polar surface area (TPSA) is 74.5 Å². The Bertz CT molecular complexity index is 906. The van der Waals surface area contributed by atoms with Crippen molar-refractivity contribution in [1.82, 2.24) is 10.1 Å². The minimum Gasteiger partial charge on any atom is -0.489 e. The molecule has 0 saturated carbocycles. The number of halogens is 1. The molecule has 3 rings (SSSR count). The van der Waals surface area contributed by atoms with Crippen molar-refractivity contribution in [2.24, 2.45) is 0 Å². The maximum Gasteiger partial charge on any atom is 0.338 e. The molecule has 27 heavy (non-hydrogen) atoms. The maximum atomic E-state index is 12.9. The number of esters is 1. The lowest BCUT2D eigenvalue weighted by Gasteiger charge is -2.08. The number of hydrogen-bond donors (Lipinski definition) is 0. The van der Waals surface area contributed by atoms with E-state index >= 15 is 0 Å². The number of hydrogen-bond acceptors (Lipinski definition) is 6. The minimum atomic E-state index is -0.522. The fourth-order valence-electron chi connectivity index (χ4n) is 2.23. The van der Waals surface area contributed by atoms with Gasteiger partial charge in [-0.25, -0.2) is 9.18 Å². The zero-order chi connectivity index (χ0) is 19.2. The quantitative estimate of drug-likeness (QED) is 0.578. The van der Waals surface area contributed by atoms with Gasteiger partial charge in [-0.1, -0.05) is 37.2 Å². The van der Waals surface area contributed by atoms with Crippen molar-refractivity contribution >= 4 is 5.97 Å². The summed E-state index contributed by atoms with van der Waals surface area (Å²) < 4.78 is 28.8. The summed E-state index contributed by atoms with van der Waals surface area (Å²) in [5, 5.41) is 3.82. The Morgan fingerprint density at radius 1 is 1.15 bits per heavy atom. The zero-order valence-corrected chi connectivity index (χ0v) is 15.0. The lowest BCUT2D eigenvalue weighted by Crippen LogP contribution is -2.06. The predicted octanol–water partition coefficient (Wildman–Crippen LogP) is 4.27. The van der Waals surface area contributed by atoms with Gasteiger partial charge in [-0.05, 0) is 35.9 Å². The number of nitrogens with zero attached hydrogens (tertiary/aromatic N) is 2. The average Bonchev–Trinajstić information content (AvgIpc) is 3.15. The van der Waals surface area contributed by atoms with Crippen molar-refractivity contribution < 1.29 is 23.2 Å². The number of benzene rings is 2. The smallest absolute Gasteiger partial charge is 0.338 e. The van der Waals surface area contributed by atoms with Crippen LogP contribution >= 0.6 is 0 Å². The number of ether oxygens (including phenoxy) is 2. The average molecular weight is 370 g/mol. The van der Waals surface area contributed by atoms with Crippen LogP contribution < -0.4 is 4.74 Å². The molecule has 2 aromatic carbocycles. The van der Waals surface area contributed by atoms with Crippen LogP contribution in [0.5, 0.6) is 5.75 Å². The first-order chi connectivity index (χ1) is 13.0. The molecule has 0 amide bonds. The predicted molar refractivity (Wildman–Crippen MR) is 94.7 cm³/mol. The third kappa shape index (κ3) is 5.13. The summed E-state index contributed by atoms with van der Waals surface area (Å²) in [6.07, 6.45) is 0. The highest BCUT2D eigenvalue weighted by Gasteiger charge is 2.13. The Hall–Kier alpha value is -3.22. The number of aromatic nitrogens is 2. The lowest BCUT2D eigenvalue weighted by molar-refractivity contribution is 0.0429. The highest BCUT2D eigenvalue weighted by atomic mass is 19.1. The molecule has 0 bridgehead atoms. The van der Waals surface area contributed by atoms with Gasteiger partial charge >= 0.3 is 5.97 Å². The fraction of sp³-hybridized carbons (Fsp3) is 0.250. The molecule has 0 aliphatic carbocycles. The first-order valence-corrected chi connectivity index (χ1v) is 8.48. The van der Waals surface area contributed by atoms with Crippen molar-refractivity contribution in [3.8, 4) is 5.75 Å². The summed E-state index contributed by atoms with van der Waals surface area (Å²) in [4.78, 5) is 16.4. The zero-order valence-electron chi connectivity index (χ0n) is 15.0. The summed E-state index contributed by atoms with van der Waals surface area (Å²) in [5.74, 6) is 0.631. The van der Waals surface area contributed by atoms with E-state index in [1.54, 1.807) is 36.4 Å². The normalized spacial score (nSPS) is 10.8. The van der Waals surface area contributed by atoms with E-state index in [1.165, 1.54) is 12.1 Å². The van der Waals surface area contributed by atoms with Crippen molar-refractivity contribution in [3.63, 3.8) is 0 Å². The second-order valence-corrected chi connectivity index (χ2v) is 6.22. The van der Waals surface area contributed by atoms with Gasteiger partial charge in [-0.3, -0.25) is 0 Å². The van der Waals surface area contributed by atoms with Gasteiger partial charge in [0.15, 0.2) is 12.4 Å². The van der Waals surface area contributed by atoms with E-state index in [9.17, 15) is 9.18 Å². The highest BCUT2D eigenvalue weighted by molar-refractivity contribution is 5.89. The van der Waals surface area contributed by atoms with Gasteiger partial charge in [0.05, 0.1) is 5.56 Å². The van der Waals surface area contributed by atoms with Crippen molar-refractivity contribution in [2.75, 3.05) is 0 Å². The van der Waals surface area contributed by atoms with Crippen LogP contribution in [0, 0.1) is 5.82 Å². The van der Waals surface area contributed by atoms with Crippen molar-refractivity contribution in [3.05, 3.63) is 77.2 Å². The van der Waals surface area contributed by atoms with E-state index in [2.05, 4.69) is 10.1 Å². The summed E-state index contributed by atoms with van der Waals surface area (Å²) in [5.41, 5.74) is 1.16. The second kappa shape index (κ2) is 8.44. The van der Waals surface area contributed by atoms with Crippen LogP contribution in [0.25, 0.3) is 0 Å². The lowest BCUT2D eigenvalue weighted by atomic mass is 10.2. The van der Waals surface area contributed by atoms with Gasteiger partial charge in [0.25, 0.3) is 5.89 Å². The van der Waals surface area contributed by atoms with Crippen molar-refractivity contribution in [2.45, 2.75) is 33.0 Å². The Balaban J connectivity index is 1.56. The van der Waals surface area contributed by atoms with Gasteiger partial charge in [0, 0.05) is 5.92 Å². The largest absolute Gasteiger partial charge is 0.489 e. The van der Waals surface area contributed by atoms with E-state index in [0.29, 0.717) is 17.1 Å².